The van der Waals surface area contributed by atoms with Crippen LogP contribution in [0.5, 0.6) is 0 Å². The van der Waals surface area contributed by atoms with Crippen LogP contribution in [-0.4, -0.2) is 18.5 Å². The van der Waals surface area contributed by atoms with Crippen LogP contribution in [0.4, 0.5) is 0 Å². The Morgan fingerprint density at radius 3 is 2.62 bits per heavy atom. The van der Waals surface area contributed by atoms with Gasteiger partial charge < -0.3 is 16.6 Å². The van der Waals surface area contributed by atoms with E-state index in [1.807, 2.05) is 0 Å². The van der Waals surface area contributed by atoms with Gasteiger partial charge in [-0.05, 0) is 12.2 Å². The van der Waals surface area contributed by atoms with Crippen molar-refractivity contribution in [3.05, 3.63) is 12.2 Å². The minimum absolute atomic E-state index is 0.240. The molecule has 3 heteroatoms. The van der Waals surface area contributed by atoms with Crippen LogP contribution in [0.25, 0.3) is 0 Å². The van der Waals surface area contributed by atoms with Gasteiger partial charge in [0.05, 0.1) is 0 Å². The molecule has 0 aliphatic rings. The van der Waals surface area contributed by atoms with E-state index in [-0.39, 0.29) is 6.54 Å². The van der Waals surface area contributed by atoms with E-state index in [2.05, 4.69) is 0 Å². The smallest absolute Gasteiger partial charge is 0.0450 e. The van der Waals surface area contributed by atoms with Crippen LogP contribution in [0.15, 0.2) is 12.2 Å². The molecule has 0 aromatic rings. The molecule has 3 nitrogen and oxygen atoms in total. The molecule has 4 N–H and O–H groups in total. The number of allylic oxidation sites excluding steroid dienone is 1. The largest absolute Gasteiger partial charge is 0.325 e. The minimum Gasteiger partial charge on any atom is -0.325 e. The van der Waals surface area contributed by atoms with Crippen molar-refractivity contribution in [1.29, 1.82) is 10.8 Å². The van der Waals surface area contributed by atoms with E-state index in [1.165, 1.54) is 12.2 Å². The fourth-order valence-electron chi connectivity index (χ4n) is 0.232. The van der Waals surface area contributed by atoms with Gasteiger partial charge in [-0.1, -0.05) is 0 Å². The first-order valence-electron chi connectivity index (χ1n) is 2.26. The molecular weight excluding hydrogens is 102 g/mol. The van der Waals surface area contributed by atoms with Crippen molar-refractivity contribution in [3.8, 4) is 0 Å². The molecule has 8 heavy (non-hydrogen) atoms. The van der Waals surface area contributed by atoms with Crippen LogP contribution in [0.2, 0.25) is 0 Å². The summed E-state index contributed by atoms with van der Waals surface area (Å²) in [6.45, 7) is 0.240. The van der Waals surface area contributed by atoms with Gasteiger partial charge in [-0.25, -0.2) is 0 Å². The first-order valence-corrected chi connectivity index (χ1v) is 2.26. The minimum atomic E-state index is 0.240. The summed E-state index contributed by atoms with van der Waals surface area (Å²) < 4.78 is 0. The van der Waals surface area contributed by atoms with Crippen molar-refractivity contribution in [1.82, 2.24) is 0 Å². The number of rotatable bonds is 3. The highest BCUT2D eigenvalue weighted by Crippen LogP contribution is 1.69. The number of hydrogen-bond donors (Lipinski definition) is 3. The van der Waals surface area contributed by atoms with Gasteiger partial charge in [0.15, 0.2) is 0 Å². The van der Waals surface area contributed by atoms with E-state index in [9.17, 15) is 0 Å². The second-order valence-corrected chi connectivity index (χ2v) is 1.26. The summed E-state index contributed by atoms with van der Waals surface area (Å²) in [4.78, 5) is 0. The molecule has 0 unspecified atom stereocenters. The van der Waals surface area contributed by atoms with Crippen LogP contribution in [0.3, 0.4) is 0 Å². The van der Waals surface area contributed by atoms with Gasteiger partial charge in [0, 0.05) is 18.5 Å². The van der Waals surface area contributed by atoms with Crippen LogP contribution in [0.1, 0.15) is 0 Å². The van der Waals surface area contributed by atoms with Crippen LogP contribution in [0, 0.1) is 10.8 Å². The Kier molecular flexibility index (Phi) is 3.70. The van der Waals surface area contributed by atoms with Gasteiger partial charge in [0.25, 0.3) is 0 Å². The summed E-state index contributed by atoms with van der Waals surface area (Å²) in [6.07, 6.45) is 4.08. The van der Waals surface area contributed by atoms with Crippen molar-refractivity contribution in [2.45, 2.75) is 0 Å². The Hall–Kier alpha value is -0.960. The van der Waals surface area contributed by atoms with E-state index in [0.29, 0.717) is 5.71 Å². The fourth-order valence-corrected chi connectivity index (χ4v) is 0.232. The molecule has 0 aromatic carbocycles. The maximum atomic E-state index is 6.93. The Balaban J connectivity index is 3.52. The molecule has 44 valence electrons. The average Bonchev–Trinajstić information content (AvgIpc) is 1.83. The molecule has 0 aromatic heterocycles. The first kappa shape index (κ1) is 7.04. The summed E-state index contributed by atoms with van der Waals surface area (Å²) in [5.41, 5.74) is 5.40. The van der Waals surface area contributed by atoms with Gasteiger partial charge in [0.1, 0.15) is 0 Å². The van der Waals surface area contributed by atoms with Crippen molar-refractivity contribution >= 4 is 11.9 Å². The van der Waals surface area contributed by atoms with Crippen molar-refractivity contribution in [2.75, 3.05) is 6.54 Å². The molecular formula is C5H9N3. The van der Waals surface area contributed by atoms with Gasteiger partial charge >= 0.3 is 0 Å². The topological polar surface area (TPSA) is 73.7 Å². The molecule has 0 rings (SSSR count). The Morgan fingerprint density at radius 2 is 2.25 bits per heavy atom. The molecule has 0 fully saturated rings. The maximum absolute atomic E-state index is 6.93. The highest BCUT2D eigenvalue weighted by molar-refractivity contribution is 5.96. The highest BCUT2D eigenvalue weighted by Gasteiger charge is 1.79. The van der Waals surface area contributed by atoms with Crippen LogP contribution < -0.4 is 5.73 Å². The molecule has 0 atom stereocenters. The third-order valence-corrected chi connectivity index (χ3v) is 0.614. The lowest BCUT2D eigenvalue weighted by atomic mass is 10.3. The average molecular weight is 111 g/mol. The zero-order valence-corrected chi connectivity index (χ0v) is 4.52. The Morgan fingerprint density at radius 1 is 1.62 bits per heavy atom. The third kappa shape index (κ3) is 3.24. The predicted molar refractivity (Wildman–Crippen MR) is 34.7 cm³/mol. The molecule has 0 aliphatic carbocycles. The molecule has 0 saturated heterocycles. The van der Waals surface area contributed by atoms with E-state index in [0.717, 1.165) is 6.21 Å². The molecule has 0 spiro atoms. The summed E-state index contributed by atoms with van der Waals surface area (Å²) in [5, 5.41) is 13.4. The van der Waals surface area contributed by atoms with Gasteiger partial charge in [0.2, 0.25) is 0 Å². The summed E-state index contributed by atoms with van der Waals surface area (Å²) >= 11 is 0. The second-order valence-electron chi connectivity index (χ2n) is 1.26. The Bertz CT molecular complexity index is 115. The Labute approximate surface area is 48.2 Å². The van der Waals surface area contributed by atoms with Crippen molar-refractivity contribution in [2.24, 2.45) is 5.73 Å². The molecule has 0 saturated carbocycles. The summed E-state index contributed by atoms with van der Waals surface area (Å²) in [6, 6.07) is 0. The van der Waals surface area contributed by atoms with Crippen LogP contribution in [-0.2, 0) is 0 Å². The zero-order chi connectivity index (χ0) is 6.41. The lowest BCUT2D eigenvalue weighted by molar-refractivity contribution is 1.28. The fraction of sp³-hybridized carbons (Fsp3) is 0.200. The standard InChI is InChI=1S/C5H9N3/c6-3-1-2-5(8)4-7/h1-3,6,8H,4,7H2/b2-1-,6-3?,8-5?. The first-order chi connectivity index (χ1) is 3.81. The molecule has 0 heterocycles. The second kappa shape index (κ2) is 4.21. The van der Waals surface area contributed by atoms with E-state index >= 15 is 0 Å². The number of nitrogens with two attached hydrogens (primary N) is 1. The third-order valence-electron chi connectivity index (χ3n) is 0.614. The lowest BCUT2D eigenvalue weighted by Crippen LogP contribution is -2.08. The van der Waals surface area contributed by atoms with Gasteiger partial charge in [-0.15, -0.1) is 0 Å². The lowest BCUT2D eigenvalue weighted by Gasteiger charge is -1.84. The monoisotopic (exact) mass is 111 g/mol. The number of nitrogens with one attached hydrogen (secondary N) is 2. The molecule has 0 bridgehead atoms. The van der Waals surface area contributed by atoms with Gasteiger partial charge in [-0.2, -0.15) is 0 Å². The zero-order valence-electron chi connectivity index (χ0n) is 4.52. The summed E-state index contributed by atoms with van der Waals surface area (Å²) in [5.74, 6) is 0. The SMILES string of the molecule is N=C/C=C\C(=N)CN. The highest BCUT2D eigenvalue weighted by atomic mass is 14.6. The van der Waals surface area contributed by atoms with Crippen molar-refractivity contribution < 1.29 is 0 Å². The summed E-state index contributed by atoms with van der Waals surface area (Å²) in [7, 11) is 0. The maximum Gasteiger partial charge on any atom is 0.0450 e. The van der Waals surface area contributed by atoms with E-state index < -0.39 is 0 Å². The molecule has 0 aliphatic heterocycles. The molecule has 0 amide bonds. The number of hydrogen-bond acceptors (Lipinski definition) is 3. The van der Waals surface area contributed by atoms with E-state index in [1.54, 1.807) is 0 Å². The quantitative estimate of drug-likeness (QED) is 0.446. The molecule has 0 radical (unpaired) electrons. The van der Waals surface area contributed by atoms with Gasteiger partial charge in [-0.3, -0.25) is 0 Å². The van der Waals surface area contributed by atoms with E-state index in [4.69, 9.17) is 16.6 Å². The normalized spacial score (nSPS) is 9.62. The predicted octanol–water partition coefficient (Wildman–Crippen LogP) is 0.171. The van der Waals surface area contributed by atoms with Crippen LogP contribution >= 0.6 is 0 Å². The van der Waals surface area contributed by atoms with Crippen molar-refractivity contribution in [3.63, 3.8) is 0 Å².